The Kier molecular flexibility index (Phi) is 5.62. The van der Waals surface area contributed by atoms with Crippen molar-refractivity contribution < 1.29 is 28.9 Å². The first-order valence-corrected chi connectivity index (χ1v) is 12.3. The molecular formula is C23H14BrFN2O5S2. The van der Waals surface area contributed by atoms with Gasteiger partial charge in [0.1, 0.15) is 5.82 Å². The molecule has 11 heteroatoms. The van der Waals surface area contributed by atoms with Crippen LogP contribution in [0.5, 0.6) is 11.5 Å². The number of methoxy groups -OCH3 is 1. The molecule has 2 N–H and O–H groups in total. The van der Waals surface area contributed by atoms with Crippen LogP contribution in [0.15, 0.2) is 63.6 Å². The van der Waals surface area contributed by atoms with Crippen LogP contribution in [-0.4, -0.2) is 34.0 Å². The van der Waals surface area contributed by atoms with Crippen molar-refractivity contribution in [3.05, 3.63) is 79.9 Å². The van der Waals surface area contributed by atoms with Crippen molar-refractivity contribution in [2.45, 2.75) is 6.04 Å². The SMILES string of the molecule is COc1cc(C2C(C(=O)c3cccs3)=C(O)C(=O)N2c2nc3ccc(F)cc3s2)cc(Br)c1O. The minimum Gasteiger partial charge on any atom is -0.503 e. The molecule has 0 fully saturated rings. The van der Waals surface area contributed by atoms with E-state index < -0.39 is 29.3 Å². The van der Waals surface area contributed by atoms with Crippen LogP contribution in [0.2, 0.25) is 0 Å². The molecule has 0 radical (unpaired) electrons. The molecule has 34 heavy (non-hydrogen) atoms. The number of halogens is 2. The van der Waals surface area contributed by atoms with Gasteiger partial charge in [0, 0.05) is 0 Å². The summed E-state index contributed by atoms with van der Waals surface area (Å²) in [7, 11) is 1.37. The molecule has 7 nitrogen and oxygen atoms in total. The van der Waals surface area contributed by atoms with Crippen LogP contribution in [0.3, 0.4) is 0 Å². The molecule has 1 amide bonds. The second kappa shape index (κ2) is 8.49. The van der Waals surface area contributed by atoms with Crippen molar-refractivity contribution in [1.29, 1.82) is 0 Å². The Morgan fingerprint density at radius 3 is 2.74 bits per heavy atom. The maximum atomic E-state index is 13.8. The van der Waals surface area contributed by atoms with Gasteiger partial charge >= 0.3 is 0 Å². The number of phenols is 1. The lowest BCUT2D eigenvalue weighted by molar-refractivity contribution is -0.117. The number of hydrogen-bond acceptors (Lipinski definition) is 8. The number of hydrogen-bond donors (Lipinski definition) is 2. The number of thiophene rings is 1. The first kappa shape index (κ1) is 22.5. The monoisotopic (exact) mass is 560 g/mol. The first-order valence-electron chi connectivity index (χ1n) is 9.77. The van der Waals surface area contributed by atoms with Crippen molar-refractivity contribution in [3.63, 3.8) is 0 Å². The van der Waals surface area contributed by atoms with Gasteiger partial charge < -0.3 is 14.9 Å². The zero-order valence-electron chi connectivity index (χ0n) is 17.3. The fourth-order valence-corrected chi connectivity index (χ4v) is 5.94. The number of ketones is 1. The number of phenolic OH excluding ortho intramolecular Hbond substituents is 1. The quantitative estimate of drug-likeness (QED) is 0.301. The summed E-state index contributed by atoms with van der Waals surface area (Å²) >= 11 is 5.51. The number of fused-ring (bicyclic) bond motifs is 1. The lowest BCUT2D eigenvalue weighted by atomic mass is 9.95. The molecule has 3 heterocycles. The van der Waals surface area contributed by atoms with Crippen molar-refractivity contribution in [1.82, 2.24) is 4.98 Å². The average molecular weight is 561 g/mol. The molecule has 0 saturated heterocycles. The van der Waals surface area contributed by atoms with Crippen LogP contribution in [0.25, 0.3) is 10.2 Å². The van der Waals surface area contributed by atoms with Gasteiger partial charge in [-0.1, -0.05) is 17.4 Å². The Bertz CT molecular complexity index is 1500. The molecule has 1 aliphatic heterocycles. The Labute approximate surface area is 208 Å². The van der Waals surface area contributed by atoms with Gasteiger partial charge in [-0.3, -0.25) is 14.5 Å². The molecule has 1 aliphatic rings. The number of aromatic hydroxyl groups is 1. The lowest BCUT2D eigenvalue weighted by Gasteiger charge is -2.25. The van der Waals surface area contributed by atoms with Gasteiger partial charge in [0.25, 0.3) is 5.91 Å². The van der Waals surface area contributed by atoms with Crippen LogP contribution in [-0.2, 0) is 4.79 Å². The highest BCUT2D eigenvalue weighted by Crippen LogP contribution is 2.47. The number of benzene rings is 2. The van der Waals surface area contributed by atoms with Gasteiger partial charge in [-0.2, -0.15) is 0 Å². The topological polar surface area (TPSA) is 100.0 Å². The molecular weight excluding hydrogens is 547 g/mol. The highest BCUT2D eigenvalue weighted by molar-refractivity contribution is 9.10. The predicted molar refractivity (Wildman–Crippen MR) is 130 cm³/mol. The first-order chi connectivity index (χ1) is 16.3. The number of aliphatic hydroxyl groups excluding tert-OH is 1. The third kappa shape index (κ3) is 3.56. The summed E-state index contributed by atoms with van der Waals surface area (Å²) in [6.07, 6.45) is 0. The number of Topliss-reactive ketones (excluding diaryl/α,β-unsaturated/α-hetero) is 1. The summed E-state index contributed by atoms with van der Waals surface area (Å²) in [4.78, 5) is 32.7. The molecule has 1 unspecified atom stereocenters. The van der Waals surface area contributed by atoms with Crippen molar-refractivity contribution in [3.8, 4) is 11.5 Å². The number of ether oxygens (including phenoxy) is 1. The zero-order valence-corrected chi connectivity index (χ0v) is 20.5. The Hall–Kier alpha value is -3.28. The number of carbonyl (C=O) groups excluding carboxylic acids is 2. The van der Waals surface area contributed by atoms with Crippen LogP contribution >= 0.6 is 38.6 Å². The van der Waals surface area contributed by atoms with Crippen molar-refractivity contribution in [2.75, 3.05) is 12.0 Å². The van der Waals surface area contributed by atoms with Gasteiger partial charge in [0.05, 0.1) is 38.3 Å². The van der Waals surface area contributed by atoms with E-state index in [2.05, 4.69) is 20.9 Å². The zero-order chi connectivity index (χ0) is 24.1. The number of nitrogens with zero attached hydrogens (tertiary/aromatic N) is 2. The number of rotatable bonds is 5. The molecule has 5 rings (SSSR count). The normalized spacial score (nSPS) is 16.0. The fourth-order valence-electron chi connectivity index (χ4n) is 3.79. The molecule has 4 aromatic rings. The molecule has 1 atom stereocenters. The molecule has 2 aromatic heterocycles. The van der Waals surface area contributed by atoms with Gasteiger partial charge in [0.2, 0.25) is 5.78 Å². The Balaban J connectivity index is 1.73. The number of aliphatic hydroxyl groups is 1. The van der Waals surface area contributed by atoms with E-state index in [1.54, 1.807) is 17.5 Å². The number of anilines is 1. The van der Waals surface area contributed by atoms with Crippen LogP contribution in [0.4, 0.5) is 9.52 Å². The van der Waals surface area contributed by atoms with E-state index in [1.165, 1.54) is 53.7 Å². The van der Waals surface area contributed by atoms with E-state index in [1.807, 2.05) is 0 Å². The van der Waals surface area contributed by atoms with E-state index in [0.717, 1.165) is 11.3 Å². The minimum atomic E-state index is -1.07. The Morgan fingerprint density at radius 1 is 1.24 bits per heavy atom. The van der Waals surface area contributed by atoms with E-state index in [-0.39, 0.29) is 26.7 Å². The highest BCUT2D eigenvalue weighted by atomic mass is 79.9. The summed E-state index contributed by atoms with van der Waals surface area (Å²) in [5.74, 6) is -2.52. The van der Waals surface area contributed by atoms with Crippen LogP contribution in [0, 0.1) is 5.82 Å². The third-order valence-electron chi connectivity index (χ3n) is 5.33. The van der Waals surface area contributed by atoms with Crippen molar-refractivity contribution >= 4 is 65.6 Å². The fraction of sp³-hybridized carbons (Fsp3) is 0.0870. The molecule has 0 aliphatic carbocycles. The second-order valence-corrected chi connectivity index (χ2v) is 10.1. The predicted octanol–water partition coefficient (Wildman–Crippen LogP) is 5.76. The number of aromatic nitrogens is 1. The van der Waals surface area contributed by atoms with Gasteiger partial charge in [-0.25, -0.2) is 9.37 Å². The standard InChI is InChI=1S/C23H14BrFN2O5S2/c1-32-14-8-10(7-12(24)19(14)28)18-17(20(29)15-3-2-6-33-15)21(30)22(31)27(18)23-26-13-5-4-11(25)9-16(13)34-23/h2-9,18,28,30H,1H3. The van der Waals surface area contributed by atoms with Crippen LogP contribution < -0.4 is 9.64 Å². The highest BCUT2D eigenvalue weighted by Gasteiger charge is 2.46. The summed E-state index contributed by atoms with van der Waals surface area (Å²) in [5.41, 5.74) is 0.733. The number of carbonyl (C=O) groups is 2. The summed E-state index contributed by atoms with van der Waals surface area (Å²) in [6, 6.07) is 9.31. The van der Waals surface area contributed by atoms with E-state index in [9.17, 15) is 24.2 Å². The van der Waals surface area contributed by atoms with Crippen molar-refractivity contribution in [2.24, 2.45) is 0 Å². The average Bonchev–Trinajstić information content (AvgIpc) is 3.54. The maximum Gasteiger partial charge on any atom is 0.296 e. The largest absolute Gasteiger partial charge is 0.503 e. The van der Waals surface area contributed by atoms with E-state index in [0.29, 0.717) is 20.7 Å². The summed E-state index contributed by atoms with van der Waals surface area (Å²) < 4.78 is 19.8. The number of thiazole rings is 1. The molecule has 2 aromatic carbocycles. The summed E-state index contributed by atoms with van der Waals surface area (Å²) in [5, 5.41) is 23.0. The maximum absolute atomic E-state index is 13.8. The lowest BCUT2D eigenvalue weighted by Crippen LogP contribution is -2.31. The van der Waals surface area contributed by atoms with Gasteiger partial charge in [-0.15, -0.1) is 11.3 Å². The van der Waals surface area contributed by atoms with E-state index >= 15 is 0 Å². The number of amides is 1. The third-order valence-corrected chi connectivity index (χ3v) is 7.82. The van der Waals surface area contributed by atoms with Gasteiger partial charge in [-0.05, 0) is 63.3 Å². The smallest absolute Gasteiger partial charge is 0.296 e. The van der Waals surface area contributed by atoms with E-state index in [4.69, 9.17) is 4.74 Å². The van der Waals surface area contributed by atoms with Crippen LogP contribution in [0.1, 0.15) is 21.3 Å². The Morgan fingerprint density at radius 2 is 2.03 bits per heavy atom. The second-order valence-electron chi connectivity index (χ2n) is 7.31. The molecule has 0 bridgehead atoms. The molecule has 172 valence electrons. The molecule has 0 spiro atoms. The molecule has 0 saturated carbocycles. The van der Waals surface area contributed by atoms with Gasteiger partial charge in [0.15, 0.2) is 22.4 Å². The minimum absolute atomic E-state index is 0.109. The summed E-state index contributed by atoms with van der Waals surface area (Å²) in [6.45, 7) is 0.